The number of benzene rings is 10. The molecule has 1 fully saturated rings. The van der Waals surface area contributed by atoms with Crippen LogP contribution in [0.1, 0.15) is 253 Å². The molecule has 1 aliphatic rings. The van der Waals surface area contributed by atoms with E-state index in [9.17, 15) is 61.0 Å². The van der Waals surface area contributed by atoms with Gasteiger partial charge in [-0.3, -0.25) is 0 Å². The molecule has 10 aromatic rings. The predicted molar refractivity (Wildman–Crippen MR) is 501 cm³/mol. The quantitative estimate of drug-likeness (QED) is 0.0213. The highest BCUT2D eigenvalue weighted by atomic mass is 35.5. The Labute approximate surface area is 773 Å². The van der Waals surface area contributed by atoms with Crippen molar-refractivity contribution in [2.45, 2.75) is 201 Å². The molecule has 0 atom stereocenters. The Morgan fingerprint density at radius 2 is 0.773 bits per heavy atom. The number of methoxy groups -OCH3 is 1. The lowest BCUT2D eigenvalue weighted by Crippen LogP contribution is -2.26. The van der Waals surface area contributed by atoms with Gasteiger partial charge in [0.15, 0.2) is 34.6 Å². The van der Waals surface area contributed by atoms with Crippen LogP contribution in [0.4, 0.5) is 17.6 Å². The molecule has 1 aliphatic carbocycles. The molecule has 0 aliphatic heterocycles. The van der Waals surface area contributed by atoms with E-state index in [0.717, 1.165) is 131 Å². The SMILES string of the molecule is CCCc1cc(C)cc(Cl)c1C(=O)O.CCCc1cc(C)cc(F)c1C(=O)O.CCCc1cc(C)ccc1C(=O)O.CCOc1cc(C)ccc1O.CCc1cc(C)ccc1C(=O)O.COc1cc(C)ccc1O.Cc1ccc(C(=O)O)c(CC(C)C)c1.Cc1ccc(C(=O)O)c(OC(F)F)c1.Cc1ccc(C(=O)O)c(OC2CCC2)c1F.Cc1ccc(C(=O)O)c(OCCO)c1. The van der Waals surface area contributed by atoms with Gasteiger partial charge in [-0.2, -0.15) is 8.78 Å². The van der Waals surface area contributed by atoms with Crippen LogP contribution in [0.3, 0.4) is 0 Å². The molecule has 1 saturated carbocycles. The molecule has 24 nitrogen and oxygen atoms in total. The predicted octanol–water partition coefficient (Wildman–Crippen LogP) is 23.8. The molecular formula is C103H123ClF4O24. The number of phenolic OH excluding ortho intramolecular Hbond substituents is 2. The van der Waals surface area contributed by atoms with Gasteiger partial charge < -0.3 is 79.9 Å². The summed E-state index contributed by atoms with van der Waals surface area (Å²) in [5.41, 5.74) is 14.5. The molecule has 0 saturated heterocycles. The third kappa shape index (κ3) is 40.3. The van der Waals surface area contributed by atoms with Crippen molar-refractivity contribution in [3.63, 3.8) is 0 Å². The summed E-state index contributed by atoms with van der Waals surface area (Å²) >= 11 is 5.88. The number of ether oxygens (including phenoxy) is 5. The van der Waals surface area contributed by atoms with Gasteiger partial charge in [-0.1, -0.05) is 168 Å². The van der Waals surface area contributed by atoms with E-state index in [4.69, 9.17) is 81.6 Å². The number of aromatic hydroxyl groups is 2. The normalized spacial score (nSPS) is 10.7. The first-order valence-electron chi connectivity index (χ1n) is 42.5. The fourth-order valence-corrected chi connectivity index (χ4v) is 12.9. The number of halogens is 5. The fourth-order valence-electron chi connectivity index (χ4n) is 12.6. The Hall–Kier alpha value is -13.5. The Balaban J connectivity index is 0.000000497. The molecular weight excluding hydrogens is 1730 g/mol. The number of alkyl halides is 2. The van der Waals surface area contributed by atoms with E-state index >= 15 is 0 Å². The highest BCUT2D eigenvalue weighted by Gasteiger charge is 2.26. The lowest BCUT2D eigenvalue weighted by Gasteiger charge is -2.27. The number of carbonyl (C=O) groups is 8. The second-order valence-electron chi connectivity index (χ2n) is 31.0. The van der Waals surface area contributed by atoms with E-state index in [1.807, 2.05) is 144 Å². The Kier molecular flexibility index (Phi) is 51.2. The van der Waals surface area contributed by atoms with Crippen molar-refractivity contribution in [3.05, 3.63) is 308 Å². The largest absolute Gasteiger partial charge is 0.504 e. The Morgan fingerprint density at radius 1 is 0.409 bits per heavy atom. The molecule has 11 rings (SSSR count). The summed E-state index contributed by atoms with van der Waals surface area (Å²) in [5, 5.41) is 98.1. The fraction of sp³-hybridized carbons (Fsp3) is 0.340. The van der Waals surface area contributed by atoms with Gasteiger partial charge >= 0.3 is 54.4 Å². The maximum Gasteiger partial charge on any atom is 0.387 e. The molecule has 132 heavy (non-hydrogen) atoms. The maximum atomic E-state index is 13.8. The van der Waals surface area contributed by atoms with Gasteiger partial charge in [-0.15, -0.1) is 0 Å². The standard InChI is InChI=1S/C12H13FO3.C12H16O2.C11H13ClO2.C11H13FO2.C11H14O2.C10H12O4.C10H12O2.C9H8F2O3.C9H12O2.C8H10O2/c1-7-5-6-9(12(14)15)11(10(7)13)16-8-3-2-4-8;1-8(2)6-10-7-9(3)4-5-11(10)12(13)14;2*1-3-4-8-5-7(2)6-9(12)10(8)11(13)14;1-3-4-9-7-8(2)5-6-10(9)11(12)13;1-7-2-3-8(10(12)13)9(6-7)14-5-4-11;1-3-8-6-7(2)4-5-9(8)10(11)12;1-5-2-3-6(8(12)13)7(4-5)14-9(10)11;1-3-11-9-6-7(2)4-5-8(9)10;1-6-3-4-7(9)8(5-6)10-2/h5-6,8H,2-4H2,1H3,(H,14,15);4-5,7-8H,6H2,1-3H3,(H,13,14);2*5-6H,3-4H2,1-2H3,(H,13,14);5-7H,3-4H2,1-2H3,(H,12,13);2-3,6,11H,4-5H2,1H3,(H,12,13);4-6H,3H2,1-2H3,(H,11,12);2-4,9H,1H3,(H,12,13);4-6,10H,3H2,1-2H3;3-5,9H,1-2H3. The molecule has 10 aromatic carbocycles. The van der Waals surface area contributed by atoms with E-state index in [0.29, 0.717) is 74.6 Å². The van der Waals surface area contributed by atoms with Crippen LogP contribution in [0.15, 0.2) is 164 Å². The average molecular weight is 1860 g/mol. The van der Waals surface area contributed by atoms with E-state index < -0.39 is 66.0 Å². The first kappa shape index (κ1) is 115. The number of carboxylic acid groups (broad SMARTS) is 8. The van der Waals surface area contributed by atoms with E-state index in [1.54, 1.807) is 81.4 Å². The Bertz CT molecular complexity index is 5330. The van der Waals surface area contributed by atoms with Crippen LogP contribution >= 0.6 is 11.6 Å². The smallest absolute Gasteiger partial charge is 0.387 e. The van der Waals surface area contributed by atoms with Gasteiger partial charge in [0, 0.05) is 0 Å². The highest BCUT2D eigenvalue weighted by Crippen LogP contribution is 2.34. The summed E-state index contributed by atoms with van der Waals surface area (Å²) in [6, 6.07) is 45.1. The second kappa shape index (κ2) is 59.0. The monoisotopic (exact) mass is 1850 g/mol. The summed E-state index contributed by atoms with van der Waals surface area (Å²) in [6.07, 6.45) is 9.24. The molecule has 11 N–H and O–H groups in total. The van der Waals surface area contributed by atoms with Crippen LogP contribution in [0.25, 0.3) is 0 Å². The first-order valence-corrected chi connectivity index (χ1v) is 42.9. The zero-order chi connectivity index (χ0) is 99.9. The highest BCUT2D eigenvalue weighted by molar-refractivity contribution is 6.33. The number of aliphatic hydroxyl groups is 1. The van der Waals surface area contributed by atoms with E-state index in [-0.39, 0.29) is 70.1 Å². The lowest BCUT2D eigenvalue weighted by molar-refractivity contribution is -0.0504. The number of hydrogen-bond acceptors (Lipinski definition) is 16. The molecule has 0 radical (unpaired) electrons. The molecule has 0 bridgehead atoms. The molecule has 29 heteroatoms. The second-order valence-corrected chi connectivity index (χ2v) is 31.4. The third-order valence-corrected chi connectivity index (χ3v) is 19.3. The number of aryl methyl sites for hydroxylation is 14. The van der Waals surface area contributed by atoms with Crippen molar-refractivity contribution in [2.24, 2.45) is 5.92 Å². The summed E-state index contributed by atoms with van der Waals surface area (Å²) in [5.74, 6) is -7.48. The molecule has 0 aromatic heterocycles. The van der Waals surface area contributed by atoms with Crippen molar-refractivity contribution < 1.29 is 136 Å². The number of carboxylic acids is 8. The lowest BCUT2D eigenvalue weighted by atomic mass is 9.96. The molecule has 714 valence electrons. The van der Waals surface area contributed by atoms with Crippen molar-refractivity contribution in [2.75, 3.05) is 26.9 Å². The van der Waals surface area contributed by atoms with Crippen LogP contribution in [-0.2, 0) is 32.1 Å². The van der Waals surface area contributed by atoms with Crippen LogP contribution in [0.5, 0.6) is 40.2 Å². The summed E-state index contributed by atoms with van der Waals surface area (Å²) in [7, 11) is 1.54. The van der Waals surface area contributed by atoms with Gasteiger partial charge in [0.2, 0.25) is 0 Å². The van der Waals surface area contributed by atoms with Crippen molar-refractivity contribution >= 4 is 59.4 Å². The van der Waals surface area contributed by atoms with Crippen molar-refractivity contribution in [1.82, 2.24) is 0 Å². The minimum absolute atomic E-state index is 0.0330. The van der Waals surface area contributed by atoms with Crippen molar-refractivity contribution in [3.8, 4) is 40.2 Å². The molecule has 0 unspecified atom stereocenters. The molecule has 0 spiro atoms. The minimum Gasteiger partial charge on any atom is -0.504 e. The number of rotatable bonds is 27. The molecule has 0 heterocycles. The zero-order valence-electron chi connectivity index (χ0n) is 77.8. The van der Waals surface area contributed by atoms with E-state index in [1.165, 1.54) is 49.6 Å². The Morgan fingerprint density at radius 3 is 1.17 bits per heavy atom. The van der Waals surface area contributed by atoms with Gasteiger partial charge in [-0.05, 0) is 285 Å². The summed E-state index contributed by atoms with van der Waals surface area (Å²) in [6.45, 7) is 30.2. The van der Waals surface area contributed by atoms with Gasteiger partial charge in [0.05, 0.1) is 59.3 Å². The number of phenols is 2. The van der Waals surface area contributed by atoms with Gasteiger partial charge in [0.1, 0.15) is 40.6 Å². The average Bonchev–Trinajstić information content (AvgIpc) is 0.793. The summed E-state index contributed by atoms with van der Waals surface area (Å²) in [4.78, 5) is 86.4. The van der Waals surface area contributed by atoms with Crippen LogP contribution in [0, 0.1) is 86.8 Å². The van der Waals surface area contributed by atoms with Crippen LogP contribution in [-0.4, -0.2) is 144 Å². The number of aliphatic hydroxyl groups excluding tert-OH is 1. The zero-order valence-corrected chi connectivity index (χ0v) is 78.6. The topological polar surface area (TPSA) is 405 Å². The first-order chi connectivity index (χ1) is 62.1. The summed E-state index contributed by atoms with van der Waals surface area (Å²) < 4.78 is 75.4. The minimum atomic E-state index is -3.02. The maximum absolute atomic E-state index is 13.8. The number of aromatic carboxylic acids is 8. The number of hydrogen-bond donors (Lipinski definition) is 11. The third-order valence-electron chi connectivity index (χ3n) is 19.0. The van der Waals surface area contributed by atoms with Gasteiger partial charge in [-0.25, -0.2) is 47.1 Å². The van der Waals surface area contributed by atoms with Crippen LogP contribution in [0.2, 0.25) is 5.02 Å². The van der Waals surface area contributed by atoms with Gasteiger partial charge in [0.25, 0.3) is 0 Å². The van der Waals surface area contributed by atoms with Crippen molar-refractivity contribution in [1.29, 1.82) is 0 Å². The van der Waals surface area contributed by atoms with Crippen LogP contribution < -0.4 is 23.7 Å². The molecule has 0 amide bonds. The van der Waals surface area contributed by atoms with E-state index in [2.05, 4.69) is 18.6 Å².